The zero-order chi connectivity index (χ0) is 13.0. The molecule has 0 spiro atoms. The Balaban J connectivity index is 1.92. The lowest BCUT2D eigenvalue weighted by Crippen LogP contribution is -2.41. The van der Waals surface area contributed by atoms with Gasteiger partial charge in [-0.2, -0.15) is 0 Å². The maximum absolute atomic E-state index is 11.3. The fourth-order valence-electron chi connectivity index (χ4n) is 2.05. The standard InChI is InChI=1S/C14H19NO3/c1-17-14(16)6-10-4-2-3-5-11(10)9-18-13-7-12(15)8-13/h2-5,12-13H,6-9,15H2,1H3. The topological polar surface area (TPSA) is 61.5 Å². The Morgan fingerprint density at radius 2 is 2.00 bits per heavy atom. The molecule has 1 aliphatic rings. The summed E-state index contributed by atoms with van der Waals surface area (Å²) in [7, 11) is 1.40. The fraction of sp³-hybridized carbons (Fsp3) is 0.500. The quantitative estimate of drug-likeness (QED) is 0.801. The van der Waals surface area contributed by atoms with Crippen LogP contribution in [0.3, 0.4) is 0 Å². The van der Waals surface area contributed by atoms with Crippen molar-refractivity contribution < 1.29 is 14.3 Å². The molecule has 18 heavy (non-hydrogen) atoms. The van der Waals surface area contributed by atoms with Crippen LogP contribution in [0.4, 0.5) is 0 Å². The Labute approximate surface area is 107 Å². The zero-order valence-corrected chi connectivity index (χ0v) is 10.6. The Hall–Kier alpha value is -1.39. The van der Waals surface area contributed by atoms with Crippen LogP contribution in [-0.2, 0) is 27.3 Å². The molecule has 98 valence electrons. The molecule has 1 aromatic rings. The average molecular weight is 249 g/mol. The van der Waals surface area contributed by atoms with E-state index in [-0.39, 0.29) is 12.1 Å². The van der Waals surface area contributed by atoms with Gasteiger partial charge in [0.15, 0.2) is 0 Å². The molecule has 2 N–H and O–H groups in total. The van der Waals surface area contributed by atoms with E-state index in [1.54, 1.807) is 0 Å². The van der Waals surface area contributed by atoms with Crippen molar-refractivity contribution >= 4 is 5.97 Å². The second-order valence-electron chi connectivity index (χ2n) is 4.69. The van der Waals surface area contributed by atoms with E-state index in [4.69, 9.17) is 10.5 Å². The Kier molecular flexibility index (Phi) is 4.33. The molecule has 0 bridgehead atoms. The van der Waals surface area contributed by atoms with Crippen molar-refractivity contribution in [1.29, 1.82) is 0 Å². The molecule has 4 heteroatoms. The second kappa shape index (κ2) is 5.98. The van der Waals surface area contributed by atoms with E-state index in [1.165, 1.54) is 7.11 Å². The SMILES string of the molecule is COC(=O)Cc1ccccc1COC1CC(N)C1. The number of hydrogen-bond acceptors (Lipinski definition) is 4. The molecular weight excluding hydrogens is 230 g/mol. The van der Waals surface area contributed by atoms with Gasteiger partial charge in [0.1, 0.15) is 0 Å². The van der Waals surface area contributed by atoms with E-state index in [2.05, 4.69) is 4.74 Å². The smallest absolute Gasteiger partial charge is 0.309 e. The minimum Gasteiger partial charge on any atom is -0.469 e. The summed E-state index contributed by atoms with van der Waals surface area (Å²) in [6, 6.07) is 8.08. The van der Waals surface area contributed by atoms with Gasteiger partial charge in [-0.05, 0) is 24.0 Å². The summed E-state index contributed by atoms with van der Waals surface area (Å²) in [5.74, 6) is -0.229. The zero-order valence-electron chi connectivity index (χ0n) is 10.6. The molecule has 0 atom stereocenters. The largest absolute Gasteiger partial charge is 0.469 e. The van der Waals surface area contributed by atoms with Crippen molar-refractivity contribution in [3.8, 4) is 0 Å². The third-order valence-corrected chi connectivity index (χ3v) is 3.29. The van der Waals surface area contributed by atoms with Crippen LogP contribution in [0, 0.1) is 0 Å². The molecule has 1 aromatic carbocycles. The number of benzene rings is 1. The highest BCUT2D eigenvalue weighted by molar-refractivity contribution is 5.72. The van der Waals surface area contributed by atoms with Crippen molar-refractivity contribution in [1.82, 2.24) is 0 Å². The molecule has 0 unspecified atom stereocenters. The summed E-state index contributed by atoms with van der Waals surface area (Å²) in [4.78, 5) is 11.3. The normalized spacial score (nSPS) is 22.3. The first kappa shape index (κ1) is 13.1. The highest BCUT2D eigenvalue weighted by Crippen LogP contribution is 2.23. The summed E-state index contributed by atoms with van der Waals surface area (Å²) >= 11 is 0. The van der Waals surface area contributed by atoms with Gasteiger partial charge in [-0.15, -0.1) is 0 Å². The first-order valence-electron chi connectivity index (χ1n) is 6.20. The molecule has 0 heterocycles. The van der Waals surface area contributed by atoms with Crippen molar-refractivity contribution in [2.24, 2.45) is 5.73 Å². The Morgan fingerprint density at radius 3 is 2.61 bits per heavy atom. The van der Waals surface area contributed by atoms with Crippen LogP contribution >= 0.6 is 0 Å². The van der Waals surface area contributed by atoms with Gasteiger partial charge >= 0.3 is 5.97 Å². The van der Waals surface area contributed by atoms with Gasteiger partial charge in [-0.1, -0.05) is 24.3 Å². The Bertz CT molecular complexity index is 413. The first-order valence-corrected chi connectivity index (χ1v) is 6.20. The number of methoxy groups -OCH3 is 1. The lowest BCUT2D eigenvalue weighted by atomic mass is 9.90. The molecule has 0 saturated heterocycles. The maximum atomic E-state index is 11.3. The second-order valence-corrected chi connectivity index (χ2v) is 4.69. The number of rotatable bonds is 5. The summed E-state index contributed by atoms with van der Waals surface area (Å²) in [5.41, 5.74) is 7.72. The van der Waals surface area contributed by atoms with Gasteiger partial charge in [0.2, 0.25) is 0 Å². The number of hydrogen-bond donors (Lipinski definition) is 1. The highest BCUT2D eigenvalue weighted by atomic mass is 16.5. The van der Waals surface area contributed by atoms with E-state index >= 15 is 0 Å². The predicted molar refractivity (Wildman–Crippen MR) is 67.9 cm³/mol. The summed E-state index contributed by atoms with van der Waals surface area (Å²) in [6.45, 7) is 0.532. The molecule has 0 amide bonds. The predicted octanol–water partition coefficient (Wildman–Crippen LogP) is 1.41. The first-order chi connectivity index (χ1) is 8.69. The average Bonchev–Trinajstić information content (AvgIpc) is 2.34. The van der Waals surface area contributed by atoms with Crippen molar-refractivity contribution in [3.05, 3.63) is 35.4 Å². The van der Waals surface area contributed by atoms with E-state index in [1.807, 2.05) is 24.3 Å². The molecule has 1 aliphatic carbocycles. The van der Waals surface area contributed by atoms with Gasteiger partial charge in [-0.3, -0.25) is 4.79 Å². The number of carbonyl (C=O) groups excluding carboxylic acids is 1. The highest BCUT2D eigenvalue weighted by Gasteiger charge is 2.26. The van der Waals surface area contributed by atoms with Gasteiger partial charge < -0.3 is 15.2 Å². The van der Waals surface area contributed by atoms with Crippen molar-refractivity contribution in [2.45, 2.75) is 38.0 Å². The van der Waals surface area contributed by atoms with Gasteiger partial charge in [0.05, 0.1) is 26.2 Å². The van der Waals surface area contributed by atoms with Crippen LogP contribution in [0.15, 0.2) is 24.3 Å². The molecule has 0 aliphatic heterocycles. The monoisotopic (exact) mass is 249 g/mol. The van der Waals surface area contributed by atoms with Crippen LogP contribution in [0.25, 0.3) is 0 Å². The third-order valence-electron chi connectivity index (χ3n) is 3.29. The van der Waals surface area contributed by atoms with Crippen LogP contribution in [0.2, 0.25) is 0 Å². The molecular formula is C14H19NO3. The maximum Gasteiger partial charge on any atom is 0.309 e. The molecule has 1 saturated carbocycles. The lowest BCUT2D eigenvalue weighted by Gasteiger charge is -2.32. The van der Waals surface area contributed by atoms with E-state index < -0.39 is 0 Å². The summed E-state index contributed by atoms with van der Waals surface area (Å²) in [5, 5.41) is 0. The minimum atomic E-state index is -0.229. The molecule has 1 fully saturated rings. The van der Waals surface area contributed by atoms with Crippen LogP contribution in [-0.4, -0.2) is 25.2 Å². The third kappa shape index (κ3) is 3.31. The fourth-order valence-corrected chi connectivity index (χ4v) is 2.05. The minimum absolute atomic E-state index is 0.229. The number of nitrogens with two attached hydrogens (primary N) is 1. The lowest BCUT2D eigenvalue weighted by molar-refractivity contribution is -0.139. The number of esters is 1. The van der Waals surface area contributed by atoms with Gasteiger partial charge in [0.25, 0.3) is 0 Å². The van der Waals surface area contributed by atoms with Crippen molar-refractivity contribution in [3.63, 3.8) is 0 Å². The van der Waals surface area contributed by atoms with Crippen LogP contribution < -0.4 is 5.73 Å². The number of carbonyl (C=O) groups is 1. The molecule has 0 aromatic heterocycles. The summed E-state index contributed by atoms with van der Waals surface area (Å²) in [6.07, 6.45) is 2.42. The van der Waals surface area contributed by atoms with Gasteiger partial charge in [0, 0.05) is 6.04 Å². The van der Waals surface area contributed by atoms with Crippen LogP contribution in [0.1, 0.15) is 24.0 Å². The Morgan fingerprint density at radius 1 is 1.33 bits per heavy atom. The van der Waals surface area contributed by atoms with Crippen LogP contribution in [0.5, 0.6) is 0 Å². The van der Waals surface area contributed by atoms with E-state index in [0.717, 1.165) is 24.0 Å². The molecule has 4 nitrogen and oxygen atoms in total. The molecule has 2 rings (SSSR count). The van der Waals surface area contributed by atoms with Gasteiger partial charge in [-0.25, -0.2) is 0 Å². The summed E-state index contributed by atoms with van der Waals surface area (Å²) < 4.78 is 10.4. The van der Waals surface area contributed by atoms with E-state index in [0.29, 0.717) is 19.1 Å². The number of ether oxygens (including phenoxy) is 2. The van der Waals surface area contributed by atoms with E-state index in [9.17, 15) is 4.79 Å². The van der Waals surface area contributed by atoms with Crippen molar-refractivity contribution in [2.75, 3.05) is 7.11 Å². The molecule has 0 radical (unpaired) electrons.